The van der Waals surface area contributed by atoms with Gasteiger partial charge in [0.15, 0.2) is 0 Å². The second kappa shape index (κ2) is 23.0. The molecule has 4 aliphatic carbocycles. The fourth-order valence-electron chi connectivity index (χ4n) is 19.6. The third kappa shape index (κ3) is 8.40. The maximum absolute atomic E-state index is 6.39. The third-order valence-electron chi connectivity index (χ3n) is 24.0. The molecule has 2 heterocycles. The lowest BCUT2D eigenvalue weighted by atomic mass is 9.70. The predicted octanol–water partition coefficient (Wildman–Crippen LogP) is 27.2. The second-order valence-corrected chi connectivity index (χ2v) is 30.1. The molecule has 23 rings (SSSR count). The molecule has 2 spiro atoms. The quantitative estimate of drug-likeness (QED) is 0.142. The first-order chi connectivity index (χ1) is 53.1. The molecule has 2 nitrogen and oxygen atoms in total. The van der Waals surface area contributed by atoms with E-state index in [0.717, 1.165) is 97.9 Å². The molecule has 19 aromatic rings. The normalized spacial score (nSPS) is 13.4. The standard InChI is InChI=1S/C104H62N2S/c1-3-25-63(26-4-1)65-49-53-67(54-50-65)71-29-7-9-31-73(71)69-57-59-75-76-60-58-70(74-32-10-8-30-72(74)68-55-51-66(52-56-68)64-27-5-2-6-28-64)62-86(76)98-97(85(75)61-69)105-99-100(106-98)102(84-40-24-48-94-96(84)82-38-16-22-46-92(82)104(94)89-43-19-13-35-79(89)80-36-14-20-44-90(80)104)107-101(99)83-39-23-47-93-95(83)81-37-15-21-45-91(81)103(93)87-41-17-11-33-77(87)78-34-12-18-42-88(78)103/h1-62H. The fraction of sp³-hybridized carbons (Fsp3) is 0.0192. The molecule has 0 unspecified atom stereocenters. The van der Waals surface area contributed by atoms with Crippen molar-refractivity contribution in [2.75, 3.05) is 0 Å². The molecular formula is C104H62N2S. The molecule has 0 radical (unpaired) electrons. The Bertz CT molecular complexity index is 6470. The van der Waals surface area contributed by atoms with Gasteiger partial charge in [0.05, 0.1) is 31.6 Å². The van der Waals surface area contributed by atoms with Crippen LogP contribution in [0.25, 0.3) is 176 Å². The highest BCUT2D eigenvalue weighted by Crippen LogP contribution is 2.67. The van der Waals surface area contributed by atoms with Crippen LogP contribution in [0.15, 0.2) is 376 Å². The van der Waals surface area contributed by atoms with Crippen LogP contribution in [-0.2, 0) is 10.8 Å². The Balaban J connectivity index is 0.821. The van der Waals surface area contributed by atoms with Crippen molar-refractivity contribution in [3.05, 3.63) is 421 Å². The Morgan fingerprint density at radius 3 is 0.776 bits per heavy atom. The van der Waals surface area contributed by atoms with Crippen molar-refractivity contribution in [1.82, 2.24) is 9.97 Å². The summed E-state index contributed by atoms with van der Waals surface area (Å²) in [6, 6.07) is 141. The molecule has 4 aliphatic rings. The smallest absolute Gasteiger partial charge is 0.109 e. The Hall–Kier alpha value is -13.4. The first kappa shape index (κ1) is 60.0. The van der Waals surface area contributed by atoms with E-state index in [4.69, 9.17) is 9.97 Å². The van der Waals surface area contributed by atoms with Gasteiger partial charge in [-0.25, -0.2) is 9.97 Å². The lowest BCUT2D eigenvalue weighted by Gasteiger charge is -2.30. The fourth-order valence-corrected chi connectivity index (χ4v) is 20.8. The summed E-state index contributed by atoms with van der Waals surface area (Å²) in [7, 11) is 0. The van der Waals surface area contributed by atoms with Gasteiger partial charge in [-0.2, -0.15) is 0 Å². The van der Waals surface area contributed by atoms with Gasteiger partial charge in [0.1, 0.15) is 11.0 Å². The van der Waals surface area contributed by atoms with E-state index in [0.29, 0.717) is 0 Å². The molecule has 0 fully saturated rings. The molecule has 0 amide bonds. The van der Waals surface area contributed by atoms with Gasteiger partial charge in [-0.3, -0.25) is 0 Å². The maximum Gasteiger partial charge on any atom is 0.109 e. The summed E-state index contributed by atoms with van der Waals surface area (Å²) < 4.78 is 0. The summed E-state index contributed by atoms with van der Waals surface area (Å²) >= 11 is 1.86. The number of fused-ring (bicyclic) bond motifs is 27. The highest BCUT2D eigenvalue weighted by atomic mass is 32.1. The van der Waals surface area contributed by atoms with Crippen molar-refractivity contribution in [3.63, 3.8) is 0 Å². The monoisotopic (exact) mass is 1370 g/mol. The lowest BCUT2D eigenvalue weighted by Crippen LogP contribution is -2.25. The average Bonchev–Trinajstić information content (AvgIpc) is 1.51. The zero-order valence-corrected chi connectivity index (χ0v) is 58.9. The highest BCUT2D eigenvalue weighted by molar-refractivity contribution is 7.21. The zero-order chi connectivity index (χ0) is 70.1. The van der Waals surface area contributed by atoms with Crippen LogP contribution in [0.1, 0.15) is 44.5 Å². The van der Waals surface area contributed by atoms with Gasteiger partial charge in [0, 0.05) is 21.9 Å². The molecule has 3 heteroatoms. The average molecular weight is 1370 g/mol. The first-order valence-electron chi connectivity index (χ1n) is 37.1. The molecule has 0 N–H and O–H groups in total. The lowest BCUT2D eigenvalue weighted by molar-refractivity contribution is 0.794. The van der Waals surface area contributed by atoms with Crippen LogP contribution < -0.4 is 0 Å². The topological polar surface area (TPSA) is 25.8 Å². The first-order valence-corrected chi connectivity index (χ1v) is 37.9. The number of aromatic nitrogens is 2. The SMILES string of the molecule is c1ccc(-c2ccc(-c3ccccc3-c3ccc4c5ccc(-c6ccccc6-c6ccc(-c7ccccc7)cc6)cc5c5nc6c(-c7cccc8c7-c7ccccc7C87c8ccccc8-c8ccccc87)sc(-c7cccc8c7-c7ccccc7C87c8ccccc8-c8ccccc87)c6nc5c4c3)cc2)cc1. The number of hydrogen-bond acceptors (Lipinski definition) is 3. The van der Waals surface area contributed by atoms with Crippen molar-refractivity contribution in [2.45, 2.75) is 10.8 Å². The molecule has 107 heavy (non-hydrogen) atoms. The van der Waals surface area contributed by atoms with E-state index in [1.54, 1.807) is 0 Å². The minimum absolute atomic E-state index is 0.552. The van der Waals surface area contributed by atoms with Crippen LogP contribution in [0.4, 0.5) is 0 Å². The van der Waals surface area contributed by atoms with Crippen molar-refractivity contribution in [1.29, 1.82) is 0 Å². The van der Waals surface area contributed by atoms with Crippen molar-refractivity contribution in [3.8, 4) is 132 Å². The van der Waals surface area contributed by atoms with Crippen molar-refractivity contribution in [2.24, 2.45) is 0 Å². The van der Waals surface area contributed by atoms with Crippen LogP contribution in [0, 0.1) is 0 Å². The van der Waals surface area contributed by atoms with Crippen LogP contribution >= 0.6 is 11.3 Å². The molecule has 0 atom stereocenters. The summed E-state index contributed by atoms with van der Waals surface area (Å²) in [4.78, 5) is 15.0. The number of hydrogen-bond donors (Lipinski definition) is 0. The molecule has 0 aliphatic heterocycles. The van der Waals surface area contributed by atoms with E-state index in [1.807, 2.05) is 11.3 Å². The van der Waals surface area contributed by atoms with Gasteiger partial charge in [-0.1, -0.05) is 364 Å². The van der Waals surface area contributed by atoms with E-state index in [1.165, 1.54) is 122 Å². The molecule has 0 bridgehead atoms. The van der Waals surface area contributed by atoms with E-state index < -0.39 is 10.8 Å². The molecular weight excluding hydrogens is 1310 g/mol. The number of thiophene rings is 1. The summed E-state index contributed by atoms with van der Waals surface area (Å²) in [5.41, 5.74) is 39.2. The Labute approximate surface area is 624 Å². The number of nitrogens with zero attached hydrogens (tertiary/aromatic N) is 2. The van der Waals surface area contributed by atoms with Crippen molar-refractivity contribution >= 4 is 54.9 Å². The molecule has 17 aromatic carbocycles. The Kier molecular flexibility index (Phi) is 12.9. The summed E-state index contributed by atoms with van der Waals surface area (Å²) in [6.07, 6.45) is 0. The Morgan fingerprint density at radius 1 is 0.168 bits per heavy atom. The largest absolute Gasteiger partial charge is 0.242 e. The van der Waals surface area contributed by atoms with E-state index in [9.17, 15) is 0 Å². The second-order valence-electron chi connectivity index (χ2n) is 29.1. The van der Waals surface area contributed by atoms with Gasteiger partial charge in [-0.05, 0) is 179 Å². The van der Waals surface area contributed by atoms with Crippen LogP contribution in [0.3, 0.4) is 0 Å². The molecule has 494 valence electrons. The predicted molar refractivity (Wildman–Crippen MR) is 446 cm³/mol. The van der Waals surface area contributed by atoms with Gasteiger partial charge >= 0.3 is 0 Å². The molecule has 2 aromatic heterocycles. The summed E-state index contributed by atoms with van der Waals surface area (Å²) in [5, 5.41) is 4.35. The number of benzene rings is 17. The van der Waals surface area contributed by atoms with Gasteiger partial charge in [-0.15, -0.1) is 11.3 Å². The minimum atomic E-state index is -0.552. The van der Waals surface area contributed by atoms with Gasteiger partial charge in [0.25, 0.3) is 0 Å². The molecule has 0 saturated carbocycles. The van der Waals surface area contributed by atoms with Crippen molar-refractivity contribution < 1.29 is 0 Å². The minimum Gasteiger partial charge on any atom is -0.242 e. The van der Waals surface area contributed by atoms with Crippen LogP contribution in [0.5, 0.6) is 0 Å². The summed E-state index contributed by atoms with van der Waals surface area (Å²) in [6.45, 7) is 0. The maximum atomic E-state index is 6.39. The highest BCUT2D eigenvalue weighted by Gasteiger charge is 2.54. The van der Waals surface area contributed by atoms with Gasteiger partial charge < -0.3 is 0 Å². The van der Waals surface area contributed by atoms with E-state index in [2.05, 4.69) is 376 Å². The number of rotatable bonds is 8. The van der Waals surface area contributed by atoms with Crippen LogP contribution in [-0.4, -0.2) is 9.97 Å². The van der Waals surface area contributed by atoms with E-state index >= 15 is 0 Å². The van der Waals surface area contributed by atoms with Crippen LogP contribution in [0.2, 0.25) is 0 Å². The Morgan fingerprint density at radius 2 is 0.421 bits per heavy atom. The van der Waals surface area contributed by atoms with E-state index in [-0.39, 0.29) is 0 Å². The molecule has 0 saturated heterocycles. The van der Waals surface area contributed by atoms with Gasteiger partial charge in [0.2, 0.25) is 0 Å². The summed E-state index contributed by atoms with van der Waals surface area (Å²) in [5.74, 6) is 0. The zero-order valence-electron chi connectivity index (χ0n) is 58.1. The third-order valence-corrected chi connectivity index (χ3v) is 25.2.